The molecule has 3 nitrogen and oxygen atoms in total. The second kappa shape index (κ2) is 23.8. The van der Waals surface area contributed by atoms with Crippen LogP contribution in [0.25, 0.3) is 49.6 Å². The highest BCUT2D eigenvalue weighted by atomic mass is 31.1. The first-order valence-corrected chi connectivity index (χ1v) is 29.6. The molecule has 1 atom stereocenters. The zero-order valence-electron chi connectivity index (χ0n) is 46.4. The molecule has 1 aliphatic heterocycles. The van der Waals surface area contributed by atoms with E-state index in [9.17, 15) is 79.0 Å². The molecule has 1 aliphatic rings. The molecule has 0 fully saturated rings. The molecule has 0 amide bonds. The number of hydrogen-bond donors (Lipinski definition) is 0. The topological polar surface area (TPSA) is 29.5 Å². The molecule has 0 spiro atoms. The molecule has 9 rings (SSSR count). The maximum atomic E-state index is 15.4. The number of halogens is 26. The molecule has 1 aromatic heterocycles. The molecule has 496 valence electrons. The Bertz CT molecular complexity index is 3900. The predicted octanol–water partition coefficient (Wildman–Crippen LogP) is 21.6. The van der Waals surface area contributed by atoms with Gasteiger partial charge in [0.25, 0.3) is 0 Å². The molecule has 2 heterocycles. The van der Waals surface area contributed by atoms with Gasteiger partial charge in [0.1, 0.15) is 11.2 Å². The Morgan fingerprint density at radius 3 is 1.25 bits per heavy atom. The fourth-order valence-corrected chi connectivity index (χ4v) is 14.9. The lowest BCUT2D eigenvalue weighted by Crippen LogP contribution is -2.70. The summed E-state index contributed by atoms with van der Waals surface area (Å²) in [6, 6.07) is 33.2. The average molecular weight is 1380 g/mol. The van der Waals surface area contributed by atoms with Gasteiger partial charge in [-0.1, -0.05) is 159 Å². The van der Waals surface area contributed by atoms with E-state index in [1.165, 1.54) is 24.3 Å². The third kappa shape index (κ3) is 11.4. The molecule has 92 heavy (non-hydrogen) atoms. The molecule has 0 bridgehead atoms. The smallest absolute Gasteiger partial charge is 0.404 e. The van der Waals surface area contributed by atoms with Crippen LogP contribution in [0.5, 0.6) is 0 Å². The van der Waals surface area contributed by atoms with Gasteiger partial charge in [0.2, 0.25) is 0 Å². The fourth-order valence-electron chi connectivity index (χ4n) is 10.5. The van der Waals surface area contributed by atoms with Crippen molar-refractivity contribution >= 4 is 87.2 Å². The van der Waals surface area contributed by atoms with E-state index in [4.69, 9.17) is 8.39 Å². The molecule has 0 aliphatic carbocycles. The van der Waals surface area contributed by atoms with Crippen LogP contribution in [-0.4, -0.2) is 77.6 Å². The summed E-state index contributed by atoms with van der Waals surface area (Å²) < 4.78 is 385. The van der Waals surface area contributed by atoms with Crippen molar-refractivity contribution in [2.24, 2.45) is 0 Å². The maximum Gasteiger partial charge on any atom is 0.460 e. The Hall–Kier alpha value is -6.89. The first kappa shape index (κ1) is 69.5. The number of rotatable bonds is 21. The number of nitrogens with zero attached hydrogens (tertiary/aromatic N) is 1. The lowest BCUT2D eigenvalue weighted by molar-refractivity contribution is -0.440. The quantitative estimate of drug-likeness (QED) is 0.0530. The van der Waals surface area contributed by atoms with Gasteiger partial charge in [-0.25, -0.2) is 0 Å². The summed E-state index contributed by atoms with van der Waals surface area (Å²) in [5.41, 5.74) is -0.119. The average Bonchev–Trinajstić information content (AvgIpc) is 0.787. The van der Waals surface area contributed by atoms with Crippen LogP contribution < -0.4 is 20.6 Å². The summed E-state index contributed by atoms with van der Waals surface area (Å²) in [4.78, 5) is 0. The van der Waals surface area contributed by atoms with Gasteiger partial charge in [-0.05, 0) is 88.2 Å². The van der Waals surface area contributed by atoms with Crippen molar-refractivity contribution in [2.75, 3.05) is 4.67 Å². The third-order valence-electron chi connectivity index (χ3n) is 15.5. The lowest BCUT2D eigenvalue weighted by Gasteiger charge is -2.39. The van der Waals surface area contributed by atoms with Crippen molar-refractivity contribution in [3.63, 3.8) is 0 Å². The van der Waals surface area contributed by atoms with Crippen LogP contribution in [-0.2, 0) is 12.8 Å². The molecule has 0 saturated carbocycles. The Labute approximate surface area is 505 Å². The first-order chi connectivity index (χ1) is 42.4. The van der Waals surface area contributed by atoms with Crippen molar-refractivity contribution in [2.45, 2.75) is 129 Å². The summed E-state index contributed by atoms with van der Waals surface area (Å²) in [5.74, 6) is -77.0. The zero-order chi connectivity index (χ0) is 68.0. The second-order valence-corrected chi connectivity index (χ2v) is 25.0. The van der Waals surface area contributed by atoms with Crippen LogP contribution in [0.3, 0.4) is 0 Å². The number of benzene rings is 7. The molecule has 0 saturated heterocycles. The summed E-state index contributed by atoms with van der Waals surface area (Å²) in [6.07, 6.45) is -19.1. The van der Waals surface area contributed by atoms with Gasteiger partial charge in [-0.3, -0.25) is 4.67 Å². The van der Waals surface area contributed by atoms with Crippen LogP contribution in [0.2, 0.25) is 0 Å². The van der Waals surface area contributed by atoms with Crippen molar-refractivity contribution in [1.82, 2.24) is 0 Å². The number of anilines is 1. The molecular weight excluding hydrogens is 1330 g/mol. The minimum Gasteiger partial charge on any atom is -0.404 e. The number of aryl methyl sites for hydroxylation is 2. The van der Waals surface area contributed by atoms with E-state index in [1.54, 1.807) is 71.4 Å². The number of alkyl halides is 26. The minimum atomic E-state index is -8.20. The molecule has 0 unspecified atom stereocenters. The Morgan fingerprint density at radius 1 is 0.435 bits per heavy atom. The Morgan fingerprint density at radius 2 is 0.837 bits per heavy atom. The SMILES string of the molecule is CCCC[C@H]1C=Cc2cccc(P(c3cccc(CCC(F)(F)C(F)(F)C(F)(F)C(F)(F)C(F)(F)C(F)(F)F)c3)c3cccc(CCC(F)(F)C(F)(F)C(F)(F)C(F)(F)C(F)(F)C(F)(F)F)c3)c2N1p1oc2ccc3ccccc3c2c2c(ccc3ccccc32)o1. The van der Waals surface area contributed by atoms with Crippen molar-refractivity contribution < 1.29 is 123 Å². The number of unbranched alkanes of at least 4 members (excludes halogenated alkanes) is 1. The first-order valence-electron chi connectivity index (χ1n) is 27.1. The van der Waals surface area contributed by atoms with E-state index in [1.807, 2.05) is 31.2 Å². The van der Waals surface area contributed by atoms with Gasteiger partial charge in [-0.15, -0.1) is 0 Å². The second-order valence-electron chi connectivity index (χ2n) is 21.5. The van der Waals surface area contributed by atoms with Crippen LogP contribution in [0.15, 0.2) is 154 Å². The fraction of sp³-hybridized carbons (Fsp3) is 0.344. The van der Waals surface area contributed by atoms with Gasteiger partial charge in [0.05, 0.1) is 11.7 Å². The highest BCUT2D eigenvalue weighted by Gasteiger charge is 2.92. The lowest BCUT2D eigenvalue weighted by atomic mass is 9.91. The van der Waals surface area contributed by atoms with Crippen molar-refractivity contribution in [1.29, 1.82) is 0 Å². The van der Waals surface area contributed by atoms with Crippen LogP contribution >= 0.6 is 16.1 Å². The molecule has 0 N–H and O–H groups in total. The largest absolute Gasteiger partial charge is 0.460 e. The van der Waals surface area contributed by atoms with E-state index in [0.717, 1.165) is 47.2 Å². The number of para-hydroxylation sites is 1. The molecule has 7 aromatic carbocycles. The van der Waals surface area contributed by atoms with Crippen LogP contribution in [0.4, 0.5) is 120 Å². The monoisotopic (exact) mass is 1380 g/mol. The maximum absolute atomic E-state index is 15.4. The zero-order valence-corrected chi connectivity index (χ0v) is 48.2. The Balaban J connectivity index is 1.22. The van der Waals surface area contributed by atoms with Gasteiger partial charge in [0.15, 0.2) is 0 Å². The standard InChI is InChI=1S/C61H43F26NO2P2/c1-2-3-16-39-25-22-38-15-10-21-46(49(38)88(39)92-89-44-26-23-36-13-4-6-19-42(36)47(44)48-43-20-7-5-14-37(43)24-27-45(48)90-92)91(40-17-8-11-34(32-40)28-30-50(62,63)52(66,67)54(70,71)56(74,75)58(78,79)60(82,83)84)41-18-9-12-35(33-41)29-31-51(64,65)53(68,69)55(72,73)57(76,77)59(80,81)61(85,86)87/h4-15,17-27,32-33,39H,2-3,16,28-31H2,1H3/t39-/m0/s1. The Kier molecular flexibility index (Phi) is 18.0. The highest BCUT2D eigenvalue weighted by molar-refractivity contribution is 7.80. The minimum absolute atomic E-state index is 0.114. The summed E-state index contributed by atoms with van der Waals surface area (Å²) in [6.45, 7) is 1.86. The van der Waals surface area contributed by atoms with E-state index >= 15 is 35.1 Å². The normalized spacial score (nSPS) is 15.6. The summed E-state index contributed by atoms with van der Waals surface area (Å²) in [7, 11) is -5.16. The van der Waals surface area contributed by atoms with E-state index in [0.29, 0.717) is 46.4 Å². The van der Waals surface area contributed by atoms with Crippen molar-refractivity contribution in [3.05, 3.63) is 162 Å². The van der Waals surface area contributed by atoms with E-state index < -0.39 is 131 Å². The van der Waals surface area contributed by atoms with Gasteiger partial charge >= 0.3 is 79.7 Å². The molecule has 8 aromatic rings. The van der Waals surface area contributed by atoms with Gasteiger partial charge in [0, 0.05) is 28.9 Å². The number of hydrogen-bond acceptors (Lipinski definition) is 3. The summed E-state index contributed by atoms with van der Waals surface area (Å²) >= 11 is 0. The van der Waals surface area contributed by atoms with Gasteiger partial charge in [-0.2, -0.15) is 114 Å². The van der Waals surface area contributed by atoms with Crippen LogP contribution in [0, 0.1) is 0 Å². The van der Waals surface area contributed by atoms with Gasteiger partial charge < -0.3 is 8.39 Å². The molecular formula is C61H43F26NO2P2. The summed E-state index contributed by atoms with van der Waals surface area (Å²) in [5, 5.41) is 3.93. The van der Waals surface area contributed by atoms with E-state index in [-0.39, 0.29) is 32.8 Å². The van der Waals surface area contributed by atoms with Crippen molar-refractivity contribution in [3.8, 4) is 0 Å². The third-order valence-corrected chi connectivity index (χ3v) is 19.5. The molecule has 31 heteroatoms. The molecule has 0 radical (unpaired) electrons. The number of fused-ring (bicyclic) bond motifs is 8. The van der Waals surface area contributed by atoms with E-state index in [2.05, 4.69) is 0 Å². The van der Waals surface area contributed by atoms with Crippen LogP contribution in [0.1, 0.15) is 55.7 Å². The highest BCUT2D eigenvalue weighted by Crippen LogP contribution is 2.63. The predicted molar refractivity (Wildman–Crippen MR) is 295 cm³/mol.